The SMILES string of the molecule is CC=CCOCCCOc1ccc(C(=O)O)cc1. The fourth-order valence-corrected chi connectivity index (χ4v) is 1.29. The van der Waals surface area contributed by atoms with Crippen molar-refractivity contribution in [2.45, 2.75) is 13.3 Å². The van der Waals surface area contributed by atoms with Gasteiger partial charge in [0.2, 0.25) is 0 Å². The van der Waals surface area contributed by atoms with E-state index in [4.69, 9.17) is 14.6 Å². The van der Waals surface area contributed by atoms with Gasteiger partial charge < -0.3 is 14.6 Å². The number of rotatable bonds is 8. The molecule has 0 aliphatic carbocycles. The Morgan fingerprint density at radius 2 is 2.00 bits per heavy atom. The second-order valence-electron chi connectivity index (χ2n) is 3.68. The zero-order valence-electron chi connectivity index (χ0n) is 10.5. The van der Waals surface area contributed by atoms with Gasteiger partial charge >= 0.3 is 5.97 Å². The van der Waals surface area contributed by atoms with Crippen molar-refractivity contribution < 1.29 is 19.4 Å². The molecule has 0 aliphatic rings. The molecule has 0 amide bonds. The van der Waals surface area contributed by atoms with Crippen LogP contribution in [0.2, 0.25) is 0 Å². The highest BCUT2D eigenvalue weighted by molar-refractivity contribution is 5.87. The smallest absolute Gasteiger partial charge is 0.335 e. The summed E-state index contributed by atoms with van der Waals surface area (Å²) in [5, 5.41) is 8.73. The van der Waals surface area contributed by atoms with Gasteiger partial charge in [-0.3, -0.25) is 0 Å². The maximum Gasteiger partial charge on any atom is 0.335 e. The highest BCUT2D eigenvalue weighted by atomic mass is 16.5. The van der Waals surface area contributed by atoms with E-state index >= 15 is 0 Å². The van der Waals surface area contributed by atoms with Crippen LogP contribution < -0.4 is 4.74 Å². The molecule has 0 unspecified atom stereocenters. The summed E-state index contributed by atoms with van der Waals surface area (Å²) < 4.78 is 10.8. The molecule has 1 rings (SSSR count). The molecule has 0 heterocycles. The summed E-state index contributed by atoms with van der Waals surface area (Å²) in [5.74, 6) is -0.257. The van der Waals surface area contributed by atoms with Crippen LogP contribution in [0.1, 0.15) is 23.7 Å². The number of hydrogen-bond acceptors (Lipinski definition) is 3. The Kier molecular flexibility index (Phi) is 6.58. The van der Waals surface area contributed by atoms with Crippen LogP contribution in [0.15, 0.2) is 36.4 Å². The van der Waals surface area contributed by atoms with Gasteiger partial charge in [-0.25, -0.2) is 4.79 Å². The van der Waals surface area contributed by atoms with Gasteiger partial charge in [0.1, 0.15) is 5.75 Å². The fraction of sp³-hybridized carbons (Fsp3) is 0.357. The van der Waals surface area contributed by atoms with Crippen molar-refractivity contribution in [3.05, 3.63) is 42.0 Å². The summed E-state index contributed by atoms with van der Waals surface area (Å²) in [7, 11) is 0. The number of benzene rings is 1. The van der Waals surface area contributed by atoms with Crippen molar-refractivity contribution in [3.63, 3.8) is 0 Å². The minimum atomic E-state index is -0.932. The summed E-state index contributed by atoms with van der Waals surface area (Å²) in [4.78, 5) is 10.6. The largest absolute Gasteiger partial charge is 0.494 e. The Balaban J connectivity index is 2.17. The van der Waals surface area contributed by atoms with Crippen molar-refractivity contribution >= 4 is 5.97 Å². The second kappa shape index (κ2) is 8.31. The van der Waals surface area contributed by atoms with Crippen molar-refractivity contribution in [2.24, 2.45) is 0 Å². The predicted molar refractivity (Wildman–Crippen MR) is 69.1 cm³/mol. The van der Waals surface area contributed by atoms with E-state index in [-0.39, 0.29) is 5.56 Å². The van der Waals surface area contributed by atoms with E-state index in [1.807, 2.05) is 19.1 Å². The average Bonchev–Trinajstić information content (AvgIpc) is 2.38. The van der Waals surface area contributed by atoms with Gasteiger partial charge in [-0.2, -0.15) is 0 Å². The van der Waals surface area contributed by atoms with E-state index in [9.17, 15) is 4.79 Å². The van der Waals surface area contributed by atoms with Crippen molar-refractivity contribution in [2.75, 3.05) is 19.8 Å². The molecule has 0 saturated heterocycles. The summed E-state index contributed by atoms with van der Waals surface area (Å²) in [6, 6.07) is 6.37. The molecule has 0 radical (unpaired) electrons. The summed E-state index contributed by atoms with van der Waals surface area (Å²) in [5.41, 5.74) is 0.261. The summed E-state index contributed by atoms with van der Waals surface area (Å²) >= 11 is 0. The van der Waals surface area contributed by atoms with Gasteiger partial charge in [0.15, 0.2) is 0 Å². The van der Waals surface area contributed by atoms with E-state index in [2.05, 4.69) is 0 Å². The van der Waals surface area contributed by atoms with Crippen LogP contribution in [0.25, 0.3) is 0 Å². The molecule has 0 saturated carbocycles. The van der Waals surface area contributed by atoms with Crippen LogP contribution >= 0.6 is 0 Å². The molecule has 1 aromatic carbocycles. The molecule has 0 bridgehead atoms. The van der Waals surface area contributed by atoms with Gasteiger partial charge in [0.25, 0.3) is 0 Å². The van der Waals surface area contributed by atoms with E-state index in [0.29, 0.717) is 25.6 Å². The first-order valence-corrected chi connectivity index (χ1v) is 5.89. The van der Waals surface area contributed by atoms with Crippen molar-refractivity contribution in [3.8, 4) is 5.75 Å². The Morgan fingerprint density at radius 1 is 1.28 bits per heavy atom. The van der Waals surface area contributed by atoms with E-state index in [1.165, 1.54) is 12.1 Å². The summed E-state index contributed by atoms with van der Waals surface area (Å²) in [6.07, 6.45) is 4.70. The molecule has 1 aromatic rings. The number of hydrogen-bond donors (Lipinski definition) is 1. The first-order valence-electron chi connectivity index (χ1n) is 5.89. The molecule has 0 spiro atoms. The fourth-order valence-electron chi connectivity index (χ4n) is 1.29. The number of carbonyl (C=O) groups is 1. The Morgan fingerprint density at radius 3 is 2.61 bits per heavy atom. The minimum absolute atomic E-state index is 0.261. The topological polar surface area (TPSA) is 55.8 Å². The van der Waals surface area contributed by atoms with Gasteiger partial charge in [-0.1, -0.05) is 12.2 Å². The monoisotopic (exact) mass is 250 g/mol. The van der Waals surface area contributed by atoms with Crippen LogP contribution in [0.5, 0.6) is 5.75 Å². The molecule has 4 nitrogen and oxygen atoms in total. The molecule has 0 atom stereocenters. The first-order chi connectivity index (χ1) is 8.74. The molecule has 0 aliphatic heterocycles. The zero-order valence-corrected chi connectivity index (χ0v) is 10.5. The van der Waals surface area contributed by atoms with Gasteiger partial charge in [-0.05, 0) is 31.2 Å². The first kappa shape index (κ1) is 14.3. The van der Waals surface area contributed by atoms with E-state index in [0.717, 1.165) is 6.42 Å². The molecule has 1 N–H and O–H groups in total. The van der Waals surface area contributed by atoms with Crippen molar-refractivity contribution in [1.29, 1.82) is 0 Å². The Hall–Kier alpha value is -1.81. The van der Waals surface area contributed by atoms with E-state index < -0.39 is 5.97 Å². The lowest BCUT2D eigenvalue weighted by atomic mass is 10.2. The van der Waals surface area contributed by atoms with Gasteiger partial charge in [-0.15, -0.1) is 0 Å². The van der Waals surface area contributed by atoms with Crippen LogP contribution in [-0.2, 0) is 4.74 Å². The van der Waals surface area contributed by atoms with Gasteiger partial charge in [0.05, 0.1) is 25.4 Å². The number of allylic oxidation sites excluding steroid dienone is 1. The molecular weight excluding hydrogens is 232 g/mol. The van der Waals surface area contributed by atoms with Crippen LogP contribution in [0.4, 0.5) is 0 Å². The summed E-state index contributed by atoms with van der Waals surface area (Å²) in [6.45, 7) is 3.79. The maximum atomic E-state index is 10.6. The third kappa shape index (κ3) is 5.50. The lowest BCUT2D eigenvalue weighted by molar-refractivity contribution is 0.0697. The third-order valence-electron chi connectivity index (χ3n) is 2.25. The maximum absolute atomic E-state index is 10.6. The normalized spacial score (nSPS) is 10.7. The van der Waals surface area contributed by atoms with Crippen LogP contribution in [0, 0.1) is 0 Å². The molecule has 98 valence electrons. The highest BCUT2D eigenvalue weighted by Gasteiger charge is 2.01. The Bertz CT molecular complexity index is 381. The number of aromatic carboxylic acids is 1. The highest BCUT2D eigenvalue weighted by Crippen LogP contribution is 2.12. The van der Waals surface area contributed by atoms with Crippen LogP contribution in [-0.4, -0.2) is 30.9 Å². The second-order valence-corrected chi connectivity index (χ2v) is 3.68. The number of ether oxygens (including phenoxy) is 2. The van der Waals surface area contributed by atoms with E-state index in [1.54, 1.807) is 12.1 Å². The van der Waals surface area contributed by atoms with Crippen molar-refractivity contribution in [1.82, 2.24) is 0 Å². The van der Waals surface area contributed by atoms with Gasteiger partial charge in [0, 0.05) is 6.42 Å². The molecule has 18 heavy (non-hydrogen) atoms. The predicted octanol–water partition coefficient (Wildman–Crippen LogP) is 2.75. The molecule has 0 aromatic heterocycles. The number of carboxylic acid groups (broad SMARTS) is 1. The lowest BCUT2D eigenvalue weighted by Crippen LogP contribution is -2.03. The zero-order chi connectivity index (χ0) is 13.2. The molecule has 4 heteroatoms. The third-order valence-corrected chi connectivity index (χ3v) is 2.25. The number of carboxylic acids is 1. The minimum Gasteiger partial charge on any atom is -0.494 e. The quantitative estimate of drug-likeness (QED) is 0.569. The standard InChI is InChI=1S/C14H18O4/c1-2-3-9-17-10-4-11-18-13-7-5-12(6-8-13)14(15)16/h2-3,5-8H,4,9-11H2,1H3,(H,15,16). The molecule has 0 fully saturated rings. The van der Waals surface area contributed by atoms with Crippen LogP contribution in [0.3, 0.4) is 0 Å². The lowest BCUT2D eigenvalue weighted by Gasteiger charge is -2.06. The Labute approximate surface area is 107 Å². The molecular formula is C14H18O4. The average molecular weight is 250 g/mol.